The topological polar surface area (TPSA) is 67.2 Å². The molecule has 106 valence electrons. The van der Waals surface area contributed by atoms with Crippen LogP contribution in [0, 0.1) is 5.92 Å². The molecule has 0 aliphatic rings. The van der Waals surface area contributed by atoms with Crippen LogP contribution in [0.2, 0.25) is 0 Å². The van der Waals surface area contributed by atoms with E-state index in [9.17, 15) is 9.90 Å². The highest BCUT2D eigenvalue weighted by atomic mass is 16.3. The predicted molar refractivity (Wildman–Crippen MR) is 77.7 cm³/mol. The monoisotopic (exact) mass is 273 g/mol. The average molecular weight is 273 g/mol. The van der Waals surface area contributed by atoms with E-state index < -0.39 is 6.10 Å². The molecule has 0 saturated carbocycles. The number of rotatable bonds is 5. The van der Waals surface area contributed by atoms with Crippen molar-refractivity contribution in [1.29, 1.82) is 0 Å². The maximum Gasteiger partial charge on any atom is 0.227 e. The van der Waals surface area contributed by atoms with Crippen molar-refractivity contribution in [3.63, 3.8) is 0 Å². The Bertz CT molecular complexity index is 564. The van der Waals surface area contributed by atoms with Crippen LogP contribution in [-0.4, -0.2) is 26.7 Å². The van der Waals surface area contributed by atoms with E-state index in [4.69, 9.17) is 0 Å². The standard InChI is InChI=1S/C15H19N3O2/c1-11(2)14(19)9-15(20)17-12-5-3-4-6-13(12)18-8-7-16-10-18/h3-8,10-11,14,19H,9H2,1-2H3,(H,17,20). The van der Waals surface area contributed by atoms with E-state index in [1.54, 1.807) is 12.5 Å². The maximum absolute atomic E-state index is 12.0. The fraction of sp³-hybridized carbons (Fsp3) is 0.333. The van der Waals surface area contributed by atoms with Crippen LogP contribution in [0.1, 0.15) is 20.3 Å². The van der Waals surface area contributed by atoms with Crippen LogP contribution in [-0.2, 0) is 4.79 Å². The third kappa shape index (κ3) is 3.45. The van der Waals surface area contributed by atoms with E-state index in [1.807, 2.05) is 48.9 Å². The molecule has 1 amide bonds. The van der Waals surface area contributed by atoms with Gasteiger partial charge in [-0.1, -0.05) is 26.0 Å². The number of nitrogens with zero attached hydrogens (tertiary/aromatic N) is 2. The van der Waals surface area contributed by atoms with E-state index in [-0.39, 0.29) is 18.2 Å². The minimum absolute atomic E-state index is 0.0599. The highest BCUT2D eigenvalue weighted by Gasteiger charge is 2.15. The largest absolute Gasteiger partial charge is 0.392 e. The molecule has 5 heteroatoms. The molecular formula is C15H19N3O2. The highest BCUT2D eigenvalue weighted by molar-refractivity contribution is 5.93. The Morgan fingerprint density at radius 2 is 2.15 bits per heavy atom. The summed E-state index contributed by atoms with van der Waals surface area (Å²) in [5.41, 5.74) is 1.55. The van der Waals surface area contributed by atoms with Crippen LogP contribution in [0.3, 0.4) is 0 Å². The number of para-hydroxylation sites is 2. The minimum atomic E-state index is -0.629. The van der Waals surface area contributed by atoms with Crippen LogP contribution < -0.4 is 5.32 Å². The molecule has 1 aromatic heterocycles. The lowest BCUT2D eigenvalue weighted by molar-refractivity contribution is -0.118. The number of hydrogen-bond donors (Lipinski definition) is 2. The van der Waals surface area contributed by atoms with Gasteiger partial charge in [-0.3, -0.25) is 4.79 Å². The normalized spacial score (nSPS) is 12.4. The van der Waals surface area contributed by atoms with Crippen molar-refractivity contribution in [3.05, 3.63) is 43.0 Å². The maximum atomic E-state index is 12.0. The first kappa shape index (κ1) is 14.3. The van der Waals surface area contributed by atoms with Crippen molar-refractivity contribution in [3.8, 4) is 5.69 Å². The number of imidazole rings is 1. The molecule has 1 unspecified atom stereocenters. The molecule has 2 rings (SSSR count). The SMILES string of the molecule is CC(C)C(O)CC(=O)Nc1ccccc1-n1ccnc1. The Hall–Kier alpha value is -2.14. The molecule has 0 aliphatic carbocycles. The van der Waals surface area contributed by atoms with Gasteiger partial charge in [0.25, 0.3) is 0 Å². The zero-order chi connectivity index (χ0) is 14.5. The van der Waals surface area contributed by atoms with E-state index in [2.05, 4.69) is 10.3 Å². The number of benzene rings is 1. The first-order valence-corrected chi connectivity index (χ1v) is 6.63. The molecule has 1 aromatic carbocycles. The van der Waals surface area contributed by atoms with Crippen molar-refractivity contribution in [2.24, 2.45) is 5.92 Å². The lowest BCUT2D eigenvalue weighted by Crippen LogP contribution is -2.24. The van der Waals surface area contributed by atoms with Crippen molar-refractivity contribution in [2.45, 2.75) is 26.4 Å². The molecule has 2 aromatic rings. The lowest BCUT2D eigenvalue weighted by atomic mass is 10.0. The van der Waals surface area contributed by atoms with Gasteiger partial charge >= 0.3 is 0 Å². The minimum Gasteiger partial charge on any atom is -0.392 e. The number of hydrogen-bond acceptors (Lipinski definition) is 3. The van der Waals surface area contributed by atoms with Crippen LogP contribution in [0.5, 0.6) is 0 Å². The number of carbonyl (C=O) groups excluding carboxylic acids is 1. The molecular weight excluding hydrogens is 254 g/mol. The fourth-order valence-corrected chi connectivity index (χ4v) is 1.83. The average Bonchev–Trinajstić information content (AvgIpc) is 2.92. The highest BCUT2D eigenvalue weighted by Crippen LogP contribution is 2.20. The molecule has 0 aliphatic heterocycles. The molecule has 1 atom stereocenters. The predicted octanol–water partition coefficient (Wildman–Crippen LogP) is 2.22. The van der Waals surface area contributed by atoms with Gasteiger partial charge in [-0.05, 0) is 18.1 Å². The quantitative estimate of drug-likeness (QED) is 0.877. The summed E-state index contributed by atoms with van der Waals surface area (Å²) in [6, 6.07) is 7.48. The number of aliphatic hydroxyl groups excluding tert-OH is 1. The number of aliphatic hydroxyl groups is 1. The van der Waals surface area contributed by atoms with E-state index in [0.29, 0.717) is 5.69 Å². The zero-order valence-electron chi connectivity index (χ0n) is 11.7. The Morgan fingerprint density at radius 3 is 2.80 bits per heavy atom. The summed E-state index contributed by atoms with van der Waals surface area (Å²) < 4.78 is 1.83. The van der Waals surface area contributed by atoms with Gasteiger partial charge in [0.1, 0.15) is 0 Å². The van der Waals surface area contributed by atoms with Gasteiger partial charge in [0, 0.05) is 12.4 Å². The van der Waals surface area contributed by atoms with E-state index in [0.717, 1.165) is 5.69 Å². The second-order valence-corrected chi connectivity index (χ2v) is 5.05. The summed E-state index contributed by atoms with van der Waals surface area (Å²) in [6.45, 7) is 3.77. The van der Waals surface area contributed by atoms with Crippen LogP contribution in [0.4, 0.5) is 5.69 Å². The third-order valence-corrected chi connectivity index (χ3v) is 3.12. The van der Waals surface area contributed by atoms with Crippen molar-refractivity contribution in [2.75, 3.05) is 5.32 Å². The smallest absolute Gasteiger partial charge is 0.227 e. The second kappa shape index (κ2) is 6.34. The Morgan fingerprint density at radius 1 is 1.40 bits per heavy atom. The molecule has 0 spiro atoms. The van der Waals surface area contributed by atoms with E-state index >= 15 is 0 Å². The summed E-state index contributed by atoms with van der Waals surface area (Å²) in [5, 5.41) is 12.6. The Labute approximate surface area is 118 Å². The Balaban J connectivity index is 2.12. The molecule has 5 nitrogen and oxygen atoms in total. The van der Waals surface area contributed by atoms with Gasteiger partial charge in [0.2, 0.25) is 5.91 Å². The first-order chi connectivity index (χ1) is 9.58. The number of carbonyl (C=O) groups is 1. The fourth-order valence-electron chi connectivity index (χ4n) is 1.83. The molecule has 0 fully saturated rings. The lowest BCUT2D eigenvalue weighted by Gasteiger charge is -2.15. The number of anilines is 1. The van der Waals surface area contributed by atoms with Gasteiger partial charge < -0.3 is 15.0 Å². The third-order valence-electron chi connectivity index (χ3n) is 3.12. The van der Waals surface area contributed by atoms with Gasteiger partial charge in [-0.25, -0.2) is 4.98 Å². The summed E-state index contributed by atoms with van der Waals surface area (Å²) in [6.07, 6.45) is 4.63. The number of nitrogens with one attached hydrogen (secondary N) is 1. The second-order valence-electron chi connectivity index (χ2n) is 5.05. The molecule has 0 bridgehead atoms. The Kier molecular flexibility index (Phi) is 4.53. The van der Waals surface area contributed by atoms with Crippen molar-refractivity contribution in [1.82, 2.24) is 9.55 Å². The van der Waals surface area contributed by atoms with Crippen LogP contribution >= 0.6 is 0 Å². The molecule has 20 heavy (non-hydrogen) atoms. The summed E-state index contributed by atoms with van der Waals surface area (Å²) in [5.74, 6) is -0.136. The van der Waals surface area contributed by atoms with Crippen molar-refractivity contribution >= 4 is 11.6 Å². The molecule has 0 radical (unpaired) electrons. The summed E-state index contributed by atoms with van der Waals surface area (Å²) in [4.78, 5) is 16.0. The van der Waals surface area contributed by atoms with Gasteiger partial charge in [-0.15, -0.1) is 0 Å². The van der Waals surface area contributed by atoms with E-state index in [1.165, 1.54) is 0 Å². The van der Waals surface area contributed by atoms with Crippen LogP contribution in [0.25, 0.3) is 5.69 Å². The van der Waals surface area contributed by atoms with Gasteiger partial charge in [0.15, 0.2) is 0 Å². The van der Waals surface area contributed by atoms with Crippen LogP contribution in [0.15, 0.2) is 43.0 Å². The van der Waals surface area contributed by atoms with Crippen molar-refractivity contribution < 1.29 is 9.90 Å². The van der Waals surface area contributed by atoms with Gasteiger partial charge in [-0.2, -0.15) is 0 Å². The first-order valence-electron chi connectivity index (χ1n) is 6.63. The number of amides is 1. The molecule has 2 N–H and O–H groups in total. The number of aromatic nitrogens is 2. The zero-order valence-corrected chi connectivity index (χ0v) is 11.7. The summed E-state index contributed by atoms with van der Waals surface area (Å²) in [7, 11) is 0. The van der Waals surface area contributed by atoms with Gasteiger partial charge in [0.05, 0.1) is 30.2 Å². The molecule has 1 heterocycles. The molecule has 0 saturated heterocycles. The summed E-state index contributed by atoms with van der Waals surface area (Å²) >= 11 is 0.